The van der Waals surface area contributed by atoms with Gasteiger partial charge in [-0.25, -0.2) is 0 Å². The summed E-state index contributed by atoms with van der Waals surface area (Å²) in [5.41, 5.74) is 2.78. The zero-order chi connectivity index (χ0) is 13.4. The fourth-order valence-corrected chi connectivity index (χ4v) is 3.97. The number of nitrogens with zero attached hydrogens (tertiary/aromatic N) is 2. The zero-order valence-electron chi connectivity index (χ0n) is 11.5. The number of hydrogen-bond donors (Lipinski definition) is 1. The maximum atomic E-state index is 3.48. The van der Waals surface area contributed by atoms with Crippen molar-refractivity contribution in [2.45, 2.75) is 19.0 Å². The van der Waals surface area contributed by atoms with Crippen molar-refractivity contribution in [2.75, 3.05) is 29.6 Å². The third-order valence-electron chi connectivity index (χ3n) is 4.26. The van der Waals surface area contributed by atoms with Gasteiger partial charge >= 0.3 is 0 Å². The monoisotopic (exact) mass is 285 g/mol. The number of hydrogen-bond acceptors (Lipinski definition) is 4. The van der Waals surface area contributed by atoms with Gasteiger partial charge in [0.1, 0.15) is 0 Å². The second-order valence-corrected chi connectivity index (χ2v) is 6.56. The van der Waals surface area contributed by atoms with Crippen molar-refractivity contribution in [2.24, 2.45) is 0 Å². The maximum Gasteiger partial charge on any atom is 0.0911 e. The Morgan fingerprint density at radius 3 is 2.80 bits per heavy atom. The highest BCUT2D eigenvalue weighted by molar-refractivity contribution is 7.09. The molecule has 20 heavy (non-hydrogen) atoms. The third kappa shape index (κ3) is 2.09. The molecule has 2 aliphatic rings. The van der Waals surface area contributed by atoms with Gasteiger partial charge in [-0.1, -0.05) is 18.2 Å². The van der Waals surface area contributed by atoms with E-state index in [1.807, 2.05) is 11.3 Å². The molecule has 4 heteroatoms. The Hall–Kier alpha value is -1.52. The maximum absolute atomic E-state index is 3.48. The SMILES string of the molecule is c1csc(CN2CN(C3CCNC3)c3ccccc32)c1. The smallest absolute Gasteiger partial charge is 0.0911 e. The Bertz CT molecular complexity index is 575. The lowest BCUT2D eigenvalue weighted by Gasteiger charge is -2.26. The van der Waals surface area contributed by atoms with Crippen molar-refractivity contribution in [3.8, 4) is 0 Å². The molecule has 0 aliphatic carbocycles. The van der Waals surface area contributed by atoms with Crippen molar-refractivity contribution in [1.29, 1.82) is 0 Å². The van der Waals surface area contributed by atoms with Crippen LogP contribution in [0.25, 0.3) is 0 Å². The minimum Gasteiger partial charge on any atom is -0.348 e. The molecule has 0 spiro atoms. The summed E-state index contributed by atoms with van der Waals surface area (Å²) in [4.78, 5) is 6.51. The molecule has 0 amide bonds. The lowest BCUT2D eigenvalue weighted by molar-refractivity contribution is 0.637. The van der Waals surface area contributed by atoms with Gasteiger partial charge in [-0.05, 0) is 36.5 Å². The Morgan fingerprint density at radius 1 is 1.15 bits per heavy atom. The Morgan fingerprint density at radius 2 is 2.05 bits per heavy atom. The molecule has 1 atom stereocenters. The van der Waals surface area contributed by atoms with E-state index >= 15 is 0 Å². The Kier molecular flexibility index (Phi) is 3.13. The van der Waals surface area contributed by atoms with Crippen molar-refractivity contribution in [3.05, 3.63) is 46.7 Å². The molecule has 1 unspecified atom stereocenters. The molecule has 0 bridgehead atoms. The first-order chi connectivity index (χ1) is 9.92. The summed E-state index contributed by atoms with van der Waals surface area (Å²) in [7, 11) is 0. The van der Waals surface area contributed by atoms with E-state index in [9.17, 15) is 0 Å². The summed E-state index contributed by atoms with van der Waals surface area (Å²) in [6.07, 6.45) is 1.25. The predicted molar refractivity (Wildman–Crippen MR) is 85.6 cm³/mol. The lowest BCUT2D eigenvalue weighted by atomic mass is 10.2. The largest absolute Gasteiger partial charge is 0.348 e. The normalized spacial score (nSPS) is 21.5. The average molecular weight is 285 g/mol. The summed E-state index contributed by atoms with van der Waals surface area (Å²) >= 11 is 1.85. The summed E-state index contributed by atoms with van der Waals surface area (Å²) in [6.45, 7) is 4.30. The number of benzene rings is 1. The first-order valence-corrected chi connectivity index (χ1v) is 8.13. The van der Waals surface area contributed by atoms with E-state index in [-0.39, 0.29) is 0 Å². The highest BCUT2D eigenvalue weighted by Gasteiger charge is 2.31. The van der Waals surface area contributed by atoms with Gasteiger partial charge < -0.3 is 15.1 Å². The quantitative estimate of drug-likeness (QED) is 0.935. The van der Waals surface area contributed by atoms with Gasteiger partial charge in [-0.3, -0.25) is 0 Å². The zero-order valence-corrected chi connectivity index (χ0v) is 12.3. The van der Waals surface area contributed by atoms with E-state index in [4.69, 9.17) is 0 Å². The average Bonchev–Trinajstić information content (AvgIpc) is 3.19. The standard InChI is InChI=1S/C16H19N3S/c1-2-6-16-15(5-1)18(11-14-4-3-9-20-14)12-19(16)13-7-8-17-10-13/h1-6,9,13,17H,7-8,10-12H2. The number of fused-ring (bicyclic) bond motifs is 1. The van der Waals surface area contributed by atoms with Gasteiger partial charge in [0.2, 0.25) is 0 Å². The Labute approximate surface area is 123 Å². The molecular weight excluding hydrogens is 266 g/mol. The molecule has 1 fully saturated rings. The second-order valence-electron chi connectivity index (χ2n) is 5.52. The molecule has 2 aliphatic heterocycles. The number of anilines is 2. The minimum atomic E-state index is 0.643. The molecule has 1 saturated heterocycles. The lowest BCUT2D eigenvalue weighted by Crippen LogP contribution is -2.39. The van der Waals surface area contributed by atoms with Crippen molar-refractivity contribution >= 4 is 22.7 Å². The van der Waals surface area contributed by atoms with E-state index in [2.05, 4.69) is 56.9 Å². The molecule has 0 saturated carbocycles. The molecule has 4 rings (SSSR count). The molecule has 1 aromatic heterocycles. The molecule has 1 N–H and O–H groups in total. The van der Waals surface area contributed by atoms with Crippen LogP contribution in [0.3, 0.4) is 0 Å². The second kappa shape index (κ2) is 5.11. The van der Waals surface area contributed by atoms with E-state index in [1.165, 1.54) is 22.7 Å². The number of rotatable bonds is 3. The number of nitrogens with one attached hydrogen (secondary N) is 1. The fourth-order valence-electron chi connectivity index (χ4n) is 3.25. The summed E-state index contributed by atoms with van der Waals surface area (Å²) in [5.74, 6) is 0. The molecule has 3 nitrogen and oxygen atoms in total. The highest BCUT2D eigenvalue weighted by atomic mass is 32.1. The van der Waals surface area contributed by atoms with Crippen LogP contribution in [-0.4, -0.2) is 25.8 Å². The molecule has 2 aromatic rings. The molecule has 104 valence electrons. The van der Waals surface area contributed by atoms with Gasteiger partial charge in [-0.15, -0.1) is 11.3 Å². The van der Waals surface area contributed by atoms with Gasteiger partial charge in [0.25, 0.3) is 0 Å². The highest BCUT2D eigenvalue weighted by Crippen LogP contribution is 2.38. The molecule has 1 aromatic carbocycles. The van der Waals surface area contributed by atoms with Crippen molar-refractivity contribution in [1.82, 2.24) is 5.32 Å². The van der Waals surface area contributed by atoms with Crippen LogP contribution in [-0.2, 0) is 6.54 Å². The van der Waals surface area contributed by atoms with Crippen molar-refractivity contribution < 1.29 is 0 Å². The van der Waals surface area contributed by atoms with Gasteiger partial charge in [0.15, 0.2) is 0 Å². The summed E-state index contributed by atoms with van der Waals surface area (Å²) in [6, 6.07) is 13.8. The first kappa shape index (κ1) is 12.2. The Balaban J connectivity index is 1.62. The van der Waals surface area contributed by atoms with Crippen LogP contribution in [0.15, 0.2) is 41.8 Å². The van der Waals surface area contributed by atoms with Crippen LogP contribution < -0.4 is 15.1 Å². The third-order valence-corrected chi connectivity index (χ3v) is 5.12. The van der Waals surface area contributed by atoms with Gasteiger partial charge in [0, 0.05) is 17.5 Å². The summed E-state index contributed by atoms with van der Waals surface area (Å²) < 4.78 is 0. The fraction of sp³-hybridized carbons (Fsp3) is 0.375. The van der Waals surface area contributed by atoms with E-state index in [0.717, 1.165) is 26.3 Å². The van der Waals surface area contributed by atoms with Crippen LogP contribution in [0, 0.1) is 0 Å². The van der Waals surface area contributed by atoms with Gasteiger partial charge in [0.05, 0.1) is 24.6 Å². The van der Waals surface area contributed by atoms with Crippen LogP contribution in [0.4, 0.5) is 11.4 Å². The van der Waals surface area contributed by atoms with Crippen LogP contribution >= 0.6 is 11.3 Å². The number of para-hydroxylation sites is 2. The van der Waals surface area contributed by atoms with Gasteiger partial charge in [-0.2, -0.15) is 0 Å². The number of thiophene rings is 1. The summed E-state index contributed by atoms with van der Waals surface area (Å²) in [5, 5.41) is 5.64. The van der Waals surface area contributed by atoms with E-state index in [1.54, 1.807) is 0 Å². The van der Waals surface area contributed by atoms with Crippen LogP contribution in [0.5, 0.6) is 0 Å². The minimum absolute atomic E-state index is 0.643. The molecular formula is C16H19N3S. The first-order valence-electron chi connectivity index (χ1n) is 7.25. The van der Waals surface area contributed by atoms with E-state index in [0.29, 0.717) is 6.04 Å². The van der Waals surface area contributed by atoms with Crippen LogP contribution in [0.1, 0.15) is 11.3 Å². The molecule has 3 heterocycles. The van der Waals surface area contributed by atoms with E-state index < -0.39 is 0 Å². The molecule has 0 radical (unpaired) electrons. The van der Waals surface area contributed by atoms with Crippen LogP contribution in [0.2, 0.25) is 0 Å². The van der Waals surface area contributed by atoms with Crippen molar-refractivity contribution in [3.63, 3.8) is 0 Å². The predicted octanol–water partition coefficient (Wildman–Crippen LogP) is 2.89. The topological polar surface area (TPSA) is 18.5 Å².